The molecule has 0 radical (unpaired) electrons. The number of nitrogen functional groups attached to an aromatic ring is 1. The number of carbonyl (C=O) groups excluding carboxylic acids is 4. The fourth-order valence-corrected chi connectivity index (χ4v) is 10.7. The molecule has 3 fully saturated rings. The lowest BCUT2D eigenvalue weighted by Crippen LogP contribution is -2.43. The van der Waals surface area contributed by atoms with Crippen LogP contribution in [0.25, 0.3) is 10.9 Å². The van der Waals surface area contributed by atoms with Crippen LogP contribution in [-0.2, 0) is 15.8 Å². The predicted octanol–water partition coefficient (Wildman–Crippen LogP) is 9.24. The van der Waals surface area contributed by atoms with E-state index >= 15 is 0 Å². The van der Waals surface area contributed by atoms with E-state index in [1.165, 1.54) is 11.0 Å². The first-order chi connectivity index (χ1) is 32.9. The smallest absolute Gasteiger partial charge is 0.416 e. The molecule has 14 nitrogen and oxygen atoms in total. The number of ether oxygens (including phenoxy) is 1. The lowest BCUT2D eigenvalue weighted by atomic mass is 9.77. The van der Waals surface area contributed by atoms with Crippen LogP contribution in [0.2, 0.25) is 5.02 Å². The first kappa shape index (κ1) is 51.2. The number of methoxy groups -OCH3 is 1. The van der Waals surface area contributed by atoms with E-state index in [1.54, 1.807) is 39.2 Å². The number of hydrogen-bond acceptors (Lipinski definition) is 10. The molecule has 0 spiro atoms. The lowest BCUT2D eigenvalue weighted by Gasteiger charge is -2.37. The summed E-state index contributed by atoms with van der Waals surface area (Å²) >= 11 is 6.36. The van der Waals surface area contributed by atoms with Gasteiger partial charge in [-0.1, -0.05) is 11.6 Å². The Labute approximate surface area is 407 Å². The number of benzene rings is 3. The summed E-state index contributed by atoms with van der Waals surface area (Å²) < 4.78 is 46.8. The number of rotatable bonds is 16. The average molecular weight is 977 g/mol. The van der Waals surface area contributed by atoms with Crippen LogP contribution in [0.3, 0.4) is 0 Å². The number of urea groups is 1. The number of amides is 4. The second-order valence-electron chi connectivity index (χ2n) is 19.2. The highest BCUT2D eigenvalue weighted by Crippen LogP contribution is 2.43. The number of nitrogens with zero attached hydrogens (tertiary/aromatic N) is 6. The van der Waals surface area contributed by atoms with Crippen molar-refractivity contribution < 1.29 is 37.1 Å². The minimum Gasteiger partial charge on any atom is -0.496 e. The van der Waals surface area contributed by atoms with Crippen LogP contribution in [0.1, 0.15) is 116 Å². The van der Waals surface area contributed by atoms with Crippen molar-refractivity contribution in [2.24, 2.45) is 23.5 Å². The molecule has 4 amide bonds. The number of anilines is 3. The zero-order valence-electron chi connectivity index (χ0n) is 40.0. The maximum atomic E-state index is 13.9. The molecule has 3 aliphatic rings. The predicted molar refractivity (Wildman–Crippen MR) is 263 cm³/mol. The number of hydrogen-bond donors (Lipinski definition) is 3. The summed E-state index contributed by atoms with van der Waals surface area (Å²) in [6.45, 7) is 8.35. The second kappa shape index (κ2) is 22.4. The van der Waals surface area contributed by atoms with Crippen LogP contribution in [0.15, 0.2) is 48.5 Å². The van der Waals surface area contributed by atoms with Crippen molar-refractivity contribution in [3.8, 4) is 5.75 Å². The Morgan fingerprint density at radius 2 is 1.61 bits per heavy atom. The van der Waals surface area contributed by atoms with E-state index < -0.39 is 23.8 Å². The Hall–Kier alpha value is -5.68. The highest BCUT2D eigenvalue weighted by atomic mass is 35.5. The first-order valence-electron chi connectivity index (χ1n) is 24.1. The van der Waals surface area contributed by atoms with E-state index in [2.05, 4.69) is 32.1 Å². The molecule has 2 saturated heterocycles. The molecule has 7 rings (SSSR count). The van der Waals surface area contributed by atoms with E-state index in [0.29, 0.717) is 70.9 Å². The van der Waals surface area contributed by atoms with Crippen molar-refractivity contribution in [1.29, 1.82) is 0 Å². The third-order valence-corrected chi connectivity index (χ3v) is 14.7. The van der Waals surface area contributed by atoms with Crippen LogP contribution in [-0.4, -0.2) is 109 Å². The van der Waals surface area contributed by atoms with Crippen LogP contribution in [0.5, 0.6) is 5.75 Å². The van der Waals surface area contributed by atoms with Crippen LogP contribution in [0.4, 0.5) is 35.2 Å². The van der Waals surface area contributed by atoms with Gasteiger partial charge in [-0.15, -0.1) is 0 Å². The summed E-state index contributed by atoms with van der Waals surface area (Å²) in [5.41, 5.74) is 13.4. The Morgan fingerprint density at radius 3 is 2.26 bits per heavy atom. The fraction of sp³-hybridized carbons (Fsp3) is 0.529. The molecule has 5 N–H and O–H groups in total. The van der Waals surface area contributed by atoms with Crippen LogP contribution >= 0.6 is 11.6 Å². The third kappa shape index (κ3) is 12.6. The number of alkyl halides is 3. The zero-order valence-corrected chi connectivity index (χ0v) is 40.8. The van der Waals surface area contributed by atoms with Crippen molar-refractivity contribution in [2.45, 2.75) is 96.2 Å². The molecule has 69 heavy (non-hydrogen) atoms. The standard InChI is InChI=1S/C51H65ClF3N9O5/c1-31(38-24-39(51(53,54)55)27-40(56)25-38)58-47-42-28-41(46(69-4)29-44(42)59-32(2)60-47)35-6-8-36(9-7-35)48(66)62-19-13-33(14-20-62)12-18-61(3)30-34-15-21-63(22-16-34)49(67)37-10-11-43(52)45(26-37)64(50(57)68)17-5-23-65/h10-11,23-29,31,33-36H,5-9,12-22,30,56H2,1-4H3,(H2,57,68)(H,58,59,60)/t31-,35?,36?/m1/s1. The molecule has 1 atom stereocenters. The molecule has 0 unspecified atom stereocenters. The Morgan fingerprint density at radius 1 is 0.928 bits per heavy atom. The van der Waals surface area contributed by atoms with Gasteiger partial charge in [-0.3, -0.25) is 14.5 Å². The van der Waals surface area contributed by atoms with E-state index in [4.69, 9.17) is 27.8 Å². The van der Waals surface area contributed by atoms with E-state index in [0.717, 1.165) is 107 Å². The summed E-state index contributed by atoms with van der Waals surface area (Å²) in [6, 6.07) is 11.0. The molecule has 372 valence electrons. The Balaban J connectivity index is 0.859. The number of aromatic nitrogens is 2. The highest BCUT2D eigenvalue weighted by molar-refractivity contribution is 6.34. The number of primary amides is 1. The molecule has 4 aromatic rings. The van der Waals surface area contributed by atoms with Gasteiger partial charge in [0.15, 0.2) is 0 Å². The van der Waals surface area contributed by atoms with Crippen LogP contribution < -0.4 is 26.4 Å². The molecule has 1 saturated carbocycles. The molecule has 3 aromatic carbocycles. The summed E-state index contributed by atoms with van der Waals surface area (Å²) in [4.78, 5) is 67.2. The Kier molecular flexibility index (Phi) is 16.6. The molecule has 2 aliphatic heterocycles. The topological polar surface area (TPSA) is 180 Å². The van der Waals surface area contributed by atoms with Gasteiger partial charge >= 0.3 is 12.2 Å². The zero-order chi connectivity index (χ0) is 49.6. The molecule has 18 heteroatoms. The van der Waals surface area contributed by atoms with Gasteiger partial charge < -0.3 is 41.0 Å². The summed E-state index contributed by atoms with van der Waals surface area (Å²) in [7, 11) is 3.80. The number of likely N-dealkylation sites (tertiary alicyclic amines) is 2. The minimum atomic E-state index is -4.53. The lowest BCUT2D eigenvalue weighted by molar-refractivity contribution is -0.138. The van der Waals surface area contributed by atoms with E-state index in [1.807, 2.05) is 17.0 Å². The van der Waals surface area contributed by atoms with Gasteiger partial charge in [0.05, 0.1) is 34.9 Å². The van der Waals surface area contributed by atoms with E-state index in [9.17, 15) is 32.3 Å². The number of fused-ring (bicyclic) bond motifs is 1. The molecule has 1 aliphatic carbocycles. The monoisotopic (exact) mass is 975 g/mol. The molecule has 0 bridgehead atoms. The highest BCUT2D eigenvalue weighted by Gasteiger charge is 2.35. The third-order valence-electron chi connectivity index (χ3n) is 14.4. The minimum absolute atomic E-state index is 0.0291. The quantitative estimate of drug-likeness (QED) is 0.0724. The van der Waals surface area contributed by atoms with Gasteiger partial charge in [0.1, 0.15) is 23.7 Å². The number of aldehydes is 1. The van der Waals surface area contributed by atoms with Crippen molar-refractivity contribution in [1.82, 2.24) is 24.7 Å². The van der Waals surface area contributed by atoms with Crippen molar-refractivity contribution in [3.05, 3.63) is 81.6 Å². The number of nitrogens with one attached hydrogen (secondary N) is 1. The summed E-state index contributed by atoms with van der Waals surface area (Å²) in [5, 5.41) is 4.34. The average Bonchev–Trinajstić information content (AvgIpc) is 3.33. The van der Waals surface area contributed by atoms with Gasteiger partial charge in [0.25, 0.3) is 5.91 Å². The van der Waals surface area contributed by atoms with Gasteiger partial charge in [-0.2, -0.15) is 13.2 Å². The van der Waals surface area contributed by atoms with Crippen molar-refractivity contribution in [3.63, 3.8) is 0 Å². The van der Waals surface area contributed by atoms with Crippen LogP contribution in [0, 0.1) is 24.7 Å². The van der Waals surface area contributed by atoms with Gasteiger partial charge in [-0.25, -0.2) is 14.8 Å². The number of carbonyl (C=O) groups is 4. The summed E-state index contributed by atoms with van der Waals surface area (Å²) in [5.74, 6) is 2.97. The number of halogens is 4. The van der Waals surface area contributed by atoms with Crippen molar-refractivity contribution in [2.75, 3.05) is 75.9 Å². The maximum absolute atomic E-state index is 13.9. The Bertz CT molecular complexity index is 2490. The number of piperidine rings is 2. The van der Waals surface area contributed by atoms with Gasteiger partial charge in [0.2, 0.25) is 5.91 Å². The van der Waals surface area contributed by atoms with Crippen molar-refractivity contribution >= 4 is 63.8 Å². The first-order valence-corrected chi connectivity index (χ1v) is 24.5. The number of aryl methyl sites for hydroxylation is 1. The molecular weight excluding hydrogens is 911 g/mol. The summed E-state index contributed by atoms with van der Waals surface area (Å²) in [6.07, 6.45) is 4.26. The van der Waals surface area contributed by atoms with Gasteiger partial charge in [-0.05, 0) is 157 Å². The molecule has 3 heterocycles. The maximum Gasteiger partial charge on any atom is 0.416 e. The molecule has 1 aromatic heterocycles. The SMILES string of the molecule is COc1cc2nc(C)nc(N[C@H](C)c3cc(N)cc(C(F)(F)F)c3)c2cc1C1CCC(C(=O)N2CCC(CCN(C)CC3CCN(C(=O)c4ccc(Cl)c(N(CCC=O)C(N)=O)c4)CC3)CC2)CC1. The normalized spacial score (nSPS) is 18.9. The van der Waals surface area contributed by atoms with Gasteiger partial charge in [0, 0.05) is 74.3 Å². The largest absolute Gasteiger partial charge is 0.496 e. The molecular formula is C51H65ClF3N9O5. The second-order valence-corrected chi connectivity index (χ2v) is 19.6. The van der Waals surface area contributed by atoms with E-state index in [-0.39, 0.29) is 47.3 Å². The fourth-order valence-electron chi connectivity index (χ4n) is 10.4. The number of nitrogens with two attached hydrogens (primary N) is 2.